The summed E-state index contributed by atoms with van der Waals surface area (Å²) in [6.45, 7) is 10.2. The molecule has 5 heteroatoms. The zero-order valence-corrected chi connectivity index (χ0v) is 14.2. The Labute approximate surface area is 132 Å². The Morgan fingerprint density at radius 3 is 2.59 bits per heavy atom. The highest BCUT2D eigenvalue weighted by Crippen LogP contribution is 2.34. The van der Waals surface area contributed by atoms with E-state index in [0.29, 0.717) is 17.0 Å². The number of halogens is 1. The lowest BCUT2D eigenvalue weighted by Gasteiger charge is -2.36. The number of ether oxygens (including phenoxy) is 1. The fourth-order valence-corrected chi connectivity index (χ4v) is 2.81. The molecule has 1 saturated heterocycles. The van der Waals surface area contributed by atoms with E-state index < -0.39 is 5.60 Å². The fourth-order valence-electron chi connectivity index (χ4n) is 2.81. The normalized spacial score (nSPS) is 19.6. The summed E-state index contributed by atoms with van der Waals surface area (Å²) in [6.07, 6.45) is 3.85. The van der Waals surface area contributed by atoms with E-state index in [9.17, 15) is 9.28 Å². The average Bonchev–Trinajstić information content (AvgIpc) is 2.79. The fraction of sp³-hybridized carbons (Fsp3) is 0.706. The monoisotopic (exact) mass is 310 g/mol. The van der Waals surface area contributed by atoms with Gasteiger partial charge in [0.2, 0.25) is 0 Å². The zero-order chi connectivity index (χ0) is 16.5. The topological polar surface area (TPSA) is 34.5 Å². The highest BCUT2D eigenvalue weighted by Gasteiger charge is 2.33. The minimum atomic E-state index is -0.542. The van der Waals surface area contributed by atoms with E-state index in [-0.39, 0.29) is 18.1 Å². The van der Waals surface area contributed by atoms with E-state index in [1.807, 2.05) is 40.7 Å². The maximum Gasteiger partial charge on any atom is 0.410 e. The smallest absolute Gasteiger partial charge is 0.410 e. The number of aromatic nitrogens is 1. The van der Waals surface area contributed by atoms with Gasteiger partial charge in [-0.25, -0.2) is 4.79 Å². The Kier molecular flexibility index (Phi) is 4.83. The van der Waals surface area contributed by atoms with Crippen molar-refractivity contribution in [1.29, 1.82) is 0 Å². The van der Waals surface area contributed by atoms with Crippen LogP contribution < -0.4 is 0 Å². The molecule has 1 aromatic heterocycles. The minimum absolute atomic E-state index is 0.249. The lowest BCUT2D eigenvalue weighted by Crippen LogP contribution is -2.42. The van der Waals surface area contributed by atoms with Gasteiger partial charge in [0.05, 0.1) is 11.7 Å². The summed E-state index contributed by atoms with van der Waals surface area (Å²) in [7, 11) is 0. The van der Waals surface area contributed by atoms with E-state index in [1.54, 1.807) is 4.90 Å². The number of hydrogen-bond acceptors (Lipinski definition) is 2. The summed E-state index contributed by atoms with van der Waals surface area (Å²) >= 11 is 0. The first-order valence-electron chi connectivity index (χ1n) is 8.07. The first-order chi connectivity index (χ1) is 10.2. The Balaban J connectivity index is 2.25. The number of carbonyl (C=O) groups excluding carboxylic acids is 1. The second-order valence-electron chi connectivity index (χ2n) is 7.35. The molecule has 2 rings (SSSR count). The number of likely N-dealkylation sites (tertiary alicyclic amines) is 1. The minimum Gasteiger partial charge on any atom is -0.444 e. The van der Waals surface area contributed by atoms with Gasteiger partial charge in [-0.3, -0.25) is 4.90 Å². The highest BCUT2D eigenvalue weighted by atomic mass is 19.2. The third-order valence-corrected chi connectivity index (χ3v) is 3.96. The molecule has 1 amide bonds. The molecule has 1 aliphatic heterocycles. The summed E-state index contributed by atoms with van der Waals surface area (Å²) in [6, 6.07) is 1.62. The second kappa shape index (κ2) is 6.31. The Morgan fingerprint density at radius 1 is 1.36 bits per heavy atom. The van der Waals surface area contributed by atoms with Crippen molar-refractivity contribution in [3.8, 4) is 0 Å². The number of hydrogen-bond donors (Lipinski definition) is 0. The predicted octanol–water partition coefficient (Wildman–Crippen LogP) is 4.81. The van der Waals surface area contributed by atoms with Gasteiger partial charge in [0.15, 0.2) is 0 Å². The number of rotatable bonds is 2. The molecule has 1 aliphatic rings. The van der Waals surface area contributed by atoms with Crippen molar-refractivity contribution in [2.75, 3.05) is 6.54 Å². The average molecular weight is 310 g/mol. The highest BCUT2D eigenvalue weighted by molar-refractivity contribution is 5.69. The summed E-state index contributed by atoms with van der Waals surface area (Å²) in [5.41, 5.74) is 0.960. The van der Waals surface area contributed by atoms with Crippen molar-refractivity contribution in [2.45, 2.75) is 71.4 Å². The Bertz CT molecular complexity index is 531. The predicted molar refractivity (Wildman–Crippen MR) is 84.6 cm³/mol. The summed E-state index contributed by atoms with van der Waals surface area (Å²) in [4.78, 5) is 14.8. The third kappa shape index (κ3) is 3.81. The lowest BCUT2D eigenvalue weighted by molar-refractivity contribution is 0.00783. The van der Waals surface area contributed by atoms with Gasteiger partial charge >= 0.3 is 6.09 Å². The maximum atomic E-state index is 14.3. The molecule has 22 heavy (non-hydrogen) atoms. The number of carbonyl (C=O) groups is 1. The molecule has 0 radical (unpaired) electrons. The largest absolute Gasteiger partial charge is 0.444 e. The van der Waals surface area contributed by atoms with Crippen LogP contribution in [0.25, 0.3) is 0 Å². The molecule has 1 aromatic rings. The molecule has 4 nitrogen and oxygen atoms in total. The van der Waals surface area contributed by atoms with E-state index >= 15 is 0 Å². The van der Waals surface area contributed by atoms with E-state index in [0.717, 1.165) is 24.8 Å². The van der Waals surface area contributed by atoms with Gasteiger partial charge in [-0.1, -0.05) is 18.3 Å². The van der Waals surface area contributed by atoms with Gasteiger partial charge in [0, 0.05) is 12.7 Å². The van der Waals surface area contributed by atoms with Crippen molar-refractivity contribution in [3.63, 3.8) is 0 Å². The van der Waals surface area contributed by atoms with Crippen LogP contribution in [0.5, 0.6) is 0 Å². The van der Waals surface area contributed by atoms with Crippen LogP contribution in [-0.2, 0) is 4.74 Å². The van der Waals surface area contributed by atoms with Crippen LogP contribution in [0, 0.1) is 0 Å². The van der Waals surface area contributed by atoms with Crippen LogP contribution in [0.1, 0.15) is 77.1 Å². The second-order valence-corrected chi connectivity index (χ2v) is 7.35. The Hall–Kier alpha value is -1.52. The molecule has 0 spiro atoms. The SMILES string of the molecule is CC(C)c1cc(C2CCCCN2C(=O)OC(C)(C)C)n(F)c1. The maximum absolute atomic E-state index is 14.3. The van der Waals surface area contributed by atoms with Gasteiger partial charge in [-0.05, 0) is 57.6 Å². The van der Waals surface area contributed by atoms with Crippen molar-refractivity contribution in [3.05, 3.63) is 23.5 Å². The van der Waals surface area contributed by atoms with Gasteiger partial charge in [0.25, 0.3) is 0 Å². The molecule has 124 valence electrons. The van der Waals surface area contributed by atoms with Gasteiger partial charge in [-0.2, -0.15) is 4.79 Å². The molecule has 1 atom stereocenters. The van der Waals surface area contributed by atoms with E-state index in [1.165, 1.54) is 6.20 Å². The summed E-state index contributed by atoms with van der Waals surface area (Å²) < 4.78 is 19.7. The van der Waals surface area contributed by atoms with Crippen LogP contribution in [0.3, 0.4) is 0 Å². The van der Waals surface area contributed by atoms with Crippen LogP contribution in [0.15, 0.2) is 12.3 Å². The standard InChI is InChI=1S/C17H27FN2O2/c1-12(2)13-10-15(20(18)11-13)14-8-6-7-9-19(14)16(21)22-17(3,4)5/h10-12,14H,6-9H2,1-5H3. The van der Waals surface area contributed by atoms with Crippen molar-refractivity contribution in [2.24, 2.45) is 0 Å². The number of piperidine rings is 1. The molecule has 0 aromatic carbocycles. The van der Waals surface area contributed by atoms with Crippen molar-refractivity contribution in [1.82, 2.24) is 9.69 Å². The third-order valence-electron chi connectivity index (χ3n) is 3.96. The molecular weight excluding hydrogens is 283 g/mol. The zero-order valence-electron chi connectivity index (χ0n) is 14.2. The van der Waals surface area contributed by atoms with Crippen LogP contribution in [0.2, 0.25) is 0 Å². The van der Waals surface area contributed by atoms with Crippen molar-refractivity contribution >= 4 is 6.09 Å². The number of nitrogens with zero attached hydrogens (tertiary/aromatic N) is 2. The lowest BCUT2D eigenvalue weighted by atomic mass is 9.98. The Morgan fingerprint density at radius 2 is 2.05 bits per heavy atom. The first-order valence-corrected chi connectivity index (χ1v) is 8.07. The van der Waals surface area contributed by atoms with Gasteiger partial charge in [0.1, 0.15) is 5.60 Å². The molecule has 0 aliphatic carbocycles. The van der Waals surface area contributed by atoms with Gasteiger partial charge < -0.3 is 4.74 Å². The molecule has 1 fully saturated rings. The molecule has 0 saturated carbocycles. The van der Waals surface area contributed by atoms with Crippen LogP contribution in [0.4, 0.5) is 9.28 Å². The molecular formula is C17H27FN2O2. The molecule has 2 heterocycles. The number of amides is 1. The first kappa shape index (κ1) is 16.8. The van der Waals surface area contributed by atoms with E-state index in [4.69, 9.17) is 4.74 Å². The summed E-state index contributed by atoms with van der Waals surface area (Å²) in [5, 5.41) is 0. The van der Waals surface area contributed by atoms with E-state index in [2.05, 4.69) is 0 Å². The molecule has 0 bridgehead atoms. The van der Waals surface area contributed by atoms with Gasteiger partial charge in [-0.15, -0.1) is 0 Å². The van der Waals surface area contributed by atoms with Crippen LogP contribution >= 0.6 is 0 Å². The van der Waals surface area contributed by atoms with Crippen LogP contribution in [-0.4, -0.2) is 27.9 Å². The summed E-state index contributed by atoms with van der Waals surface area (Å²) in [5.74, 6) is 0.259. The molecule has 1 unspecified atom stereocenters. The van der Waals surface area contributed by atoms with Crippen molar-refractivity contribution < 1.29 is 14.0 Å². The molecule has 0 N–H and O–H groups in total. The quantitative estimate of drug-likeness (QED) is 0.786.